The Morgan fingerprint density at radius 2 is 2.03 bits per heavy atom. The van der Waals surface area contributed by atoms with Crippen molar-refractivity contribution in [1.82, 2.24) is 25.1 Å². The zero-order valence-corrected chi connectivity index (χ0v) is 17.1. The number of nitrogens with two attached hydrogens (primary N) is 1. The Kier molecular flexibility index (Phi) is 8.83. The van der Waals surface area contributed by atoms with Crippen LogP contribution in [0, 0.1) is 37.3 Å². The molecule has 0 radical (unpaired) electrons. The molecule has 3 N–H and O–H groups in total. The standard InChI is InChI=1S/C12H15FN6OS.C5H4FN.C2H2/c1-6-18-19-8(21-6)4-15-10-9(13)11(17-12(14)16-10)20-5-7-2-3-7;6-5-2-1-3-7-4-5;1-2/h7H,2-5H2,1H3,(H3,14,15,16,17);1-4H;1-2H. The molecule has 0 aliphatic heterocycles. The molecule has 8 nitrogen and oxygen atoms in total. The van der Waals surface area contributed by atoms with Crippen LogP contribution in [0.2, 0.25) is 0 Å². The zero-order chi connectivity index (χ0) is 21.9. The van der Waals surface area contributed by atoms with E-state index < -0.39 is 5.82 Å². The number of hydrogen-bond donors (Lipinski definition) is 2. The molecule has 0 amide bonds. The summed E-state index contributed by atoms with van der Waals surface area (Å²) in [5, 5.41) is 12.3. The summed E-state index contributed by atoms with van der Waals surface area (Å²) in [4.78, 5) is 11.2. The number of nitrogens with one attached hydrogen (secondary N) is 1. The molecular weight excluding hydrogens is 412 g/mol. The van der Waals surface area contributed by atoms with E-state index >= 15 is 0 Å². The number of halogens is 2. The van der Waals surface area contributed by atoms with Crippen LogP contribution in [0.1, 0.15) is 22.9 Å². The third-order valence-corrected chi connectivity index (χ3v) is 4.43. The lowest BCUT2D eigenvalue weighted by atomic mass is 10.4. The molecule has 1 saturated carbocycles. The summed E-state index contributed by atoms with van der Waals surface area (Å²) in [6.45, 7) is 2.64. The summed E-state index contributed by atoms with van der Waals surface area (Å²) in [5.74, 6) is -0.542. The zero-order valence-electron chi connectivity index (χ0n) is 16.3. The Bertz CT molecular complexity index is 949. The maximum atomic E-state index is 14.2. The van der Waals surface area contributed by atoms with Gasteiger partial charge in [0.25, 0.3) is 5.88 Å². The number of anilines is 2. The molecule has 30 heavy (non-hydrogen) atoms. The molecular formula is C19H21F2N7OS. The number of ether oxygens (including phenoxy) is 1. The van der Waals surface area contributed by atoms with Crippen molar-refractivity contribution in [3.05, 3.63) is 46.2 Å². The second-order valence-corrected chi connectivity index (χ2v) is 7.31. The molecule has 158 valence electrons. The van der Waals surface area contributed by atoms with E-state index in [4.69, 9.17) is 10.5 Å². The number of aromatic nitrogens is 5. The number of nitrogens with zero attached hydrogens (tertiary/aromatic N) is 5. The molecule has 11 heteroatoms. The van der Waals surface area contributed by atoms with Crippen LogP contribution in [-0.4, -0.2) is 31.8 Å². The quantitative estimate of drug-likeness (QED) is 0.570. The first-order valence-corrected chi connectivity index (χ1v) is 9.70. The van der Waals surface area contributed by atoms with E-state index in [2.05, 4.69) is 43.3 Å². The first-order chi connectivity index (χ1) is 14.5. The normalized spacial score (nSPS) is 12.0. The van der Waals surface area contributed by atoms with Crippen molar-refractivity contribution in [2.24, 2.45) is 5.92 Å². The lowest BCUT2D eigenvalue weighted by Gasteiger charge is -2.10. The van der Waals surface area contributed by atoms with Gasteiger partial charge in [-0.05, 0) is 37.8 Å². The summed E-state index contributed by atoms with van der Waals surface area (Å²) in [6, 6.07) is 2.91. The van der Waals surface area contributed by atoms with Crippen molar-refractivity contribution in [1.29, 1.82) is 0 Å². The second kappa shape index (κ2) is 11.6. The van der Waals surface area contributed by atoms with Crippen LogP contribution in [0.4, 0.5) is 20.5 Å². The molecule has 4 rings (SSSR count). The minimum Gasteiger partial charge on any atom is -0.475 e. The summed E-state index contributed by atoms with van der Waals surface area (Å²) in [7, 11) is 0. The van der Waals surface area contributed by atoms with Gasteiger partial charge in [0.1, 0.15) is 15.8 Å². The van der Waals surface area contributed by atoms with E-state index in [1.165, 1.54) is 29.8 Å². The third-order valence-electron chi connectivity index (χ3n) is 3.59. The van der Waals surface area contributed by atoms with Crippen molar-refractivity contribution >= 4 is 23.1 Å². The largest absolute Gasteiger partial charge is 0.475 e. The summed E-state index contributed by atoms with van der Waals surface area (Å²) in [5.41, 5.74) is 5.59. The van der Waals surface area contributed by atoms with Gasteiger partial charge in [0.05, 0.1) is 19.3 Å². The number of rotatable bonds is 6. The molecule has 0 unspecified atom stereocenters. The topological polar surface area (TPSA) is 112 Å². The van der Waals surface area contributed by atoms with Crippen LogP contribution in [0.25, 0.3) is 0 Å². The van der Waals surface area contributed by atoms with Gasteiger partial charge in [0, 0.05) is 6.20 Å². The van der Waals surface area contributed by atoms with Gasteiger partial charge in [0.2, 0.25) is 11.8 Å². The van der Waals surface area contributed by atoms with E-state index in [-0.39, 0.29) is 23.5 Å². The molecule has 3 aromatic rings. The number of aryl methyl sites for hydroxylation is 1. The monoisotopic (exact) mass is 433 g/mol. The molecule has 1 aliphatic carbocycles. The van der Waals surface area contributed by atoms with Gasteiger partial charge >= 0.3 is 0 Å². The van der Waals surface area contributed by atoms with Crippen LogP contribution in [-0.2, 0) is 6.54 Å². The Balaban J connectivity index is 0.000000299. The van der Waals surface area contributed by atoms with E-state index in [0.29, 0.717) is 19.1 Å². The van der Waals surface area contributed by atoms with Crippen LogP contribution in [0.15, 0.2) is 24.5 Å². The molecule has 3 aromatic heterocycles. The molecule has 1 aliphatic rings. The van der Waals surface area contributed by atoms with Gasteiger partial charge in [-0.15, -0.1) is 23.0 Å². The van der Waals surface area contributed by atoms with Crippen molar-refractivity contribution < 1.29 is 13.5 Å². The van der Waals surface area contributed by atoms with Gasteiger partial charge < -0.3 is 15.8 Å². The minimum atomic E-state index is -0.633. The molecule has 1 fully saturated rings. The number of pyridine rings is 1. The smallest absolute Gasteiger partial charge is 0.257 e. The number of hydrogen-bond acceptors (Lipinski definition) is 9. The van der Waals surface area contributed by atoms with Gasteiger partial charge in [0.15, 0.2) is 5.82 Å². The second-order valence-electron chi connectivity index (χ2n) is 6.04. The van der Waals surface area contributed by atoms with Gasteiger partial charge in [-0.2, -0.15) is 14.4 Å². The highest BCUT2D eigenvalue weighted by Gasteiger charge is 2.24. The average molecular weight is 433 g/mol. The Hall–Kier alpha value is -3.39. The minimum absolute atomic E-state index is 0.0150. The fraction of sp³-hybridized carbons (Fsp3) is 0.316. The maximum Gasteiger partial charge on any atom is 0.257 e. The molecule has 0 aromatic carbocycles. The summed E-state index contributed by atoms with van der Waals surface area (Å²) >= 11 is 1.43. The molecule has 0 atom stereocenters. The van der Waals surface area contributed by atoms with Gasteiger partial charge in [-0.3, -0.25) is 4.98 Å². The van der Waals surface area contributed by atoms with Crippen molar-refractivity contribution in [2.45, 2.75) is 26.3 Å². The highest BCUT2D eigenvalue weighted by molar-refractivity contribution is 7.11. The first kappa shape index (κ1) is 22.9. The number of nitrogen functional groups attached to an aromatic ring is 1. The van der Waals surface area contributed by atoms with Crippen molar-refractivity contribution in [3.8, 4) is 18.7 Å². The molecule has 0 bridgehead atoms. The first-order valence-electron chi connectivity index (χ1n) is 8.88. The average Bonchev–Trinajstić information content (AvgIpc) is 3.49. The Labute approximate surface area is 177 Å². The predicted molar refractivity (Wildman–Crippen MR) is 111 cm³/mol. The van der Waals surface area contributed by atoms with Gasteiger partial charge in [-0.25, -0.2) is 4.39 Å². The highest BCUT2D eigenvalue weighted by Crippen LogP contribution is 2.30. The molecule has 0 spiro atoms. The third kappa shape index (κ3) is 7.56. The molecule has 3 heterocycles. The van der Waals surface area contributed by atoms with E-state index in [0.717, 1.165) is 22.9 Å². The fourth-order valence-corrected chi connectivity index (χ4v) is 2.70. The maximum absolute atomic E-state index is 14.2. The molecule has 0 saturated heterocycles. The van der Waals surface area contributed by atoms with Crippen LogP contribution in [0.5, 0.6) is 5.88 Å². The van der Waals surface area contributed by atoms with Crippen LogP contribution >= 0.6 is 11.3 Å². The SMILES string of the molecule is C#C.Cc1nnc(CNc2nc(N)nc(OCC3CC3)c2F)s1.Fc1cccnc1. The van der Waals surface area contributed by atoms with E-state index in [9.17, 15) is 8.78 Å². The lowest BCUT2D eigenvalue weighted by Crippen LogP contribution is -2.11. The van der Waals surface area contributed by atoms with E-state index in [1.807, 2.05) is 6.92 Å². The highest BCUT2D eigenvalue weighted by atomic mass is 32.1. The summed E-state index contributed by atoms with van der Waals surface area (Å²) in [6.07, 6.45) is 12.9. The fourth-order valence-electron chi connectivity index (χ4n) is 2.05. The number of terminal acetylenes is 1. The summed E-state index contributed by atoms with van der Waals surface area (Å²) < 4.78 is 31.4. The van der Waals surface area contributed by atoms with Crippen LogP contribution < -0.4 is 15.8 Å². The van der Waals surface area contributed by atoms with Crippen molar-refractivity contribution in [2.75, 3.05) is 17.7 Å². The van der Waals surface area contributed by atoms with Gasteiger partial charge in [-0.1, -0.05) is 11.3 Å². The van der Waals surface area contributed by atoms with Crippen molar-refractivity contribution in [3.63, 3.8) is 0 Å². The Morgan fingerprint density at radius 3 is 2.57 bits per heavy atom. The van der Waals surface area contributed by atoms with E-state index in [1.54, 1.807) is 6.07 Å². The Morgan fingerprint density at radius 1 is 1.27 bits per heavy atom. The van der Waals surface area contributed by atoms with Crippen LogP contribution in [0.3, 0.4) is 0 Å². The predicted octanol–water partition coefficient (Wildman–Crippen LogP) is 3.23. The lowest BCUT2D eigenvalue weighted by molar-refractivity contribution is 0.273.